The Bertz CT molecular complexity index is 425. The molecule has 8 heteroatoms. The standard InChI is InChI=1S/C11H14F3NO4/c1-19-10-7(9(18)8(17)2-3-16)4-6(5-15-10)11(12,13)14/h4-5,8-9,16-18H,2-3H2,1H3. The van der Waals surface area contributed by atoms with Gasteiger partial charge < -0.3 is 20.1 Å². The zero-order chi connectivity index (χ0) is 14.6. The highest BCUT2D eigenvalue weighted by Gasteiger charge is 2.33. The Morgan fingerprint density at radius 3 is 2.47 bits per heavy atom. The van der Waals surface area contributed by atoms with Crippen LogP contribution in [0.4, 0.5) is 13.2 Å². The van der Waals surface area contributed by atoms with Crippen molar-refractivity contribution >= 4 is 0 Å². The van der Waals surface area contributed by atoms with E-state index in [1.807, 2.05) is 0 Å². The van der Waals surface area contributed by atoms with Gasteiger partial charge in [-0.25, -0.2) is 4.98 Å². The Kier molecular flexibility index (Phi) is 5.10. The lowest BCUT2D eigenvalue weighted by atomic mass is 10.0. The van der Waals surface area contributed by atoms with Crippen molar-refractivity contribution < 1.29 is 33.2 Å². The smallest absolute Gasteiger partial charge is 0.417 e. The lowest BCUT2D eigenvalue weighted by Gasteiger charge is -2.20. The first-order valence-electron chi connectivity index (χ1n) is 5.39. The number of hydrogen-bond donors (Lipinski definition) is 3. The van der Waals surface area contributed by atoms with E-state index in [9.17, 15) is 23.4 Å². The molecule has 0 aliphatic rings. The topological polar surface area (TPSA) is 82.8 Å². The second-order valence-corrected chi connectivity index (χ2v) is 3.84. The lowest BCUT2D eigenvalue weighted by molar-refractivity contribution is -0.138. The minimum Gasteiger partial charge on any atom is -0.481 e. The number of aliphatic hydroxyl groups excluding tert-OH is 3. The molecule has 0 aromatic carbocycles. The van der Waals surface area contributed by atoms with Crippen LogP contribution >= 0.6 is 0 Å². The number of aliphatic hydroxyl groups is 3. The summed E-state index contributed by atoms with van der Waals surface area (Å²) in [4.78, 5) is 3.45. The van der Waals surface area contributed by atoms with Crippen LogP contribution in [0.5, 0.6) is 5.88 Å². The summed E-state index contributed by atoms with van der Waals surface area (Å²) in [5.41, 5.74) is -1.34. The molecule has 2 unspecified atom stereocenters. The van der Waals surface area contributed by atoms with Gasteiger partial charge in [-0.15, -0.1) is 0 Å². The highest BCUT2D eigenvalue weighted by atomic mass is 19.4. The molecule has 1 rings (SSSR count). The monoisotopic (exact) mass is 281 g/mol. The van der Waals surface area contributed by atoms with Crippen LogP contribution in [0.3, 0.4) is 0 Å². The van der Waals surface area contributed by atoms with Crippen LogP contribution in [0.15, 0.2) is 12.3 Å². The van der Waals surface area contributed by atoms with Crippen molar-refractivity contribution in [1.82, 2.24) is 4.98 Å². The highest BCUT2D eigenvalue weighted by Crippen LogP contribution is 2.34. The normalized spacial score (nSPS) is 15.1. The maximum Gasteiger partial charge on any atom is 0.417 e. The average Bonchev–Trinajstić information content (AvgIpc) is 2.36. The van der Waals surface area contributed by atoms with E-state index >= 15 is 0 Å². The minimum atomic E-state index is -4.62. The van der Waals surface area contributed by atoms with Crippen LogP contribution in [0.2, 0.25) is 0 Å². The first-order valence-corrected chi connectivity index (χ1v) is 5.39. The molecule has 1 aromatic heterocycles. The van der Waals surface area contributed by atoms with Gasteiger partial charge in [-0.2, -0.15) is 13.2 Å². The summed E-state index contributed by atoms with van der Waals surface area (Å²) in [6.07, 6.45) is -7.26. The molecule has 0 spiro atoms. The molecule has 3 N–H and O–H groups in total. The summed E-state index contributed by atoms with van der Waals surface area (Å²) in [7, 11) is 1.18. The summed E-state index contributed by atoms with van der Waals surface area (Å²) < 4.78 is 42.4. The van der Waals surface area contributed by atoms with E-state index < -0.39 is 30.6 Å². The molecule has 0 amide bonds. The number of nitrogens with zero attached hydrogens (tertiary/aromatic N) is 1. The molecule has 5 nitrogen and oxygen atoms in total. The number of halogens is 3. The number of methoxy groups -OCH3 is 1. The Morgan fingerprint density at radius 1 is 1.37 bits per heavy atom. The molecule has 0 saturated carbocycles. The molecular formula is C11H14F3NO4. The molecule has 0 fully saturated rings. The van der Waals surface area contributed by atoms with Gasteiger partial charge >= 0.3 is 6.18 Å². The molecule has 0 saturated heterocycles. The van der Waals surface area contributed by atoms with Crippen molar-refractivity contribution in [1.29, 1.82) is 0 Å². The van der Waals surface area contributed by atoms with E-state index in [2.05, 4.69) is 4.98 Å². The van der Waals surface area contributed by atoms with E-state index in [4.69, 9.17) is 9.84 Å². The quantitative estimate of drug-likeness (QED) is 0.746. The molecule has 2 atom stereocenters. The van der Waals surface area contributed by atoms with Gasteiger partial charge in [0.15, 0.2) is 0 Å². The first kappa shape index (κ1) is 15.7. The van der Waals surface area contributed by atoms with Gasteiger partial charge in [-0.1, -0.05) is 0 Å². The number of pyridine rings is 1. The van der Waals surface area contributed by atoms with Gasteiger partial charge in [0.1, 0.15) is 6.10 Å². The van der Waals surface area contributed by atoms with Crippen molar-refractivity contribution in [3.63, 3.8) is 0 Å². The van der Waals surface area contributed by atoms with Crippen LogP contribution < -0.4 is 4.74 Å². The maximum absolute atomic E-state index is 12.6. The molecule has 0 aliphatic heterocycles. The molecule has 0 bridgehead atoms. The summed E-state index contributed by atoms with van der Waals surface area (Å²) in [6, 6.07) is 0.664. The van der Waals surface area contributed by atoms with Gasteiger partial charge in [0.05, 0.1) is 18.8 Å². The number of aromatic nitrogens is 1. The number of alkyl halides is 3. The second kappa shape index (κ2) is 6.18. The van der Waals surface area contributed by atoms with Crippen LogP contribution in [-0.2, 0) is 6.18 Å². The van der Waals surface area contributed by atoms with E-state index in [0.717, 1.165) is 0 Å². The van der Waals surface area contributed by atoms with Gasteiger partial charge in [0, 0.05) is 18.4 Å². The number of hydrogen-bond acceptors (Lipinski definition) is 5. The zero-order valence-electron chi connectivity index (χ0n) is 10.1. The Balaban J connectivity index is 3.15. The van der Waals surface area contributed by atoms with Crippen LogP contribution in [0, 0.1) is 0 Å². The lowest BCUT2D eigenvalue weighted by Crippen LogP contribution is -2.21. The predicted molar refractivity (Wildman–Crippen MR) is 58.5 cm³/mol. The Morgan fingerprint density at radius 2 is 2.00 bits per heavy atom. The molecule has 0 aliphatic carbocycles. The van der Waals surface area contributed by atoms with Crippen LogP contribution in [0.25, 0.3) is 0 Å². The number of ether oxygens (including phenoxy) is 1. The average molecular weight is 281 g/mol. The largest absolute Gasteiger partial charge is 0.481 e. The van der Waals surface area contributed by atoms with Crippen molar-refractivity contribution in [3.05, 3.63) is 23.4 Å². The fourth-order valence-electron chi connectivity index (χ4n) is 1.50. The first-order chi connectivity index (χ1) is 8.81. The third-order valence-corrected chi connectivity index (χ3v) is 2.51. The van der Waals surface area contributed by atoms with Crippen molar-refractivity contribution in [2.75, 3.05) is 13.7 Å². The Hall–Kier alpha value is -1.38. The van der Waals surface area contributed by atoms with Gasteiger partial charge in [-0.05, 0) is 12.5 Å². The molecule has 1 heterocycles. The van der Waals surface area contributed by atoms with Gasteiger partial charge in [-0.3, -0.25) is 0 Å². The number of rotatable bonds is 5. The summed E-state index contributed by atoms with van der Waals surface area (Å²) >= 11 is 0. The molecule has 0 radical (unpaired) electrons. The highest BCUT2D eigenvalue weighted by molar-refractivity contribution is 5.33. The molecular weight excluding hydrogens is 267 g/mol. The van der Waals surface area contributed by atoms with Crippen molar-refractivity contribution in [2.45, 2.75) is 24.8 Å². The molecule has 19 heavy (non-hydrogen) atoms. The van der Waals surface area contributed by atoms with E-state index in [0.29, 0.717) is 12.3 Å². The summed E-state index contributed by atoms with van der Waals surface area (Å²) in [5, 5.41) is 27.9. The van der Waals surface area contributed by atoms with Crippen LogP contribution in [0.1, 0.15) is 23.7 Å². The molecule has 108 valence electrons. The summed E-state index contributed by atoms with van der Waals surface area (Å²) in [6.45, 7) is -0.410. The third kappa shape index (κ3) is 3.79. The Labute approximate surface area is 107 Å². The maximum atomic E-state index is 12.6. The second-order valence-electron chi connectivity index (χ2n) is 3.84. The van der Waals surface area contributed by atoms with Crippen molar-refractivity contribution in [3.8, 4) is 5.88 Å². The minimum absolute atomic E-state index is 0.180. The van der Waals surface area contributed by atoms with E-state index in [1.165, 1.54) is 7.11 Å². The summed E-state index contributed by atoms with van der Waals surface area (Å²) in [5.74, 6) is -0.211. The fraction of sp³-hybridized carbons (Fsp3) is 0.545. The SMILES string of the molecule is COc1ncc(C(F)(F)F)cc1C(O)C(O)CCO. The van der Waals surface area contributed by atoms with Crippen LogP contribution in [-0.4, -0.2) is 40.1 Å². The van der Waals surface area contributed by atoms with Gasteiger partial charge in [0.2, 0.25) is 5.88 Å². The zero-order valence-corrected chi connectivity index (χ0v) is 10.1. The van der Waals surface area contributed by atoms with Crippen molar-refractivity contribution in [2.24, 2.45) is 0 Å². The molecule has 1 aromatic rings. The van der Waals surface area contributed by atoms with E-state index in [-0.39, 0.29) is 17.9 Å². The fourth-order valence-corrected chi connectivity index (χ4v) is 1.50. The van der Waals surface area contributed by atoms with Gasteiger partial charge in [0.25, 0.3) is 0 Å². The third-order valence-electron chi connectivity index (χ3n) is 2.51. The predicted octanol–water partition coefficient (Wildman–Crippen LogP) is 0.886. The van der Waals surface area contributed by atoms with E-state index in [1.54, 1.807) is 0 Å².